The van der Waals surface area contributed by atoms with Gasteiger partial charge in [-0.05, 0) is 24.5 Å². The van der Waals surface area contributed by atoms with Crippen molar-refractivity contribution in [3.8, 4) is 0 Å². The van der Waals surface area contributed by atoms with Crippen LogP contribution in [0.5, 0.6) is 0 Å². The molecule has 4 heteroatoms. The Balaban J connectivity index is 1.97. The maximum Gasteiger partial charge on any atom is 0.320 e. The SMILES string of the molecule is CN(Cc1ccccc1Br)C(=O)N1CCCCCC1. The summed E-state index contributed by atoms with van der Waals surface area (Å²) in [7, 11) is 1.88. The number of hydrogen-bond acceptors (Lipinski definition) is 1. The molecule has 1 aliphatic heterocycles. The molecule has 1 aliphatic rings. The fraction of sp³-hybridized carbons (Fsp3) is 0.533. The Labute approximate surface area is 123 Å². The highest BCUT2D eigenvalue weighted by Crippen LogP contribution is 2.18. The van der Waals surface area contributed by atoms with Gasteiger partial charge in [-0.2, -0.15) is 0 Å². The fourth-order valence-electron chi connectivity index (χ4n) is 2.45. The molecule has 3 nitrogen and oxygen atoms in total. The summed E-state index contributed by atoms with van der Waals surface area (Å²) in [5.41, 5.74) is 1.15. The van der Waals surface area contributed by atoms with E-state index in [-0.39, 0.29) is 6.03 Å². The van der Waals surface area contributed by atoms with E-state index in [9.17, 15) is 4.79 Å². The lowest BCUT2D eigenvalue weighted by molar-refractivity contribution is 0.162. The van der Waals surface area contributed by atoms with Crippen LogP contribution in [-0.4, -0.2) is 36.0 Å². The lowest BCUT2D eigenvalue weighted by Gasteiger charge is -2.27. The topological polar surface area (TPSA) is 23.6 Å². The van der Waals surface area contributed by atoms with Crippen molar-refractivity contribution in [2.24, 2.45) is 0 Å². The van der Waals surface area contributed by atoms with E-state index in [1.165, 1.54) is 12.8 Å². The molecule has 0 unspecified atom stereocenters. The van der Waals surface area contributed by atoms with Gasteiger partial charge in [0.15, 0.2) is 0 Å². The molecule has 0 radical (unpaired) electrons. The van der Waals surface area contributed by atoms with E-state index in [4.69, 9.17) is 0 Å². The highest BCUT2D eigenvalue weighted by atomic mass is 79.9. The van der Waals surface area contributed by atoms with Gasteiger partial charge in [-0.1, -0.05) is 47.0 Å². The standard InChI is InChI=1S/C15H21BrN2O/c1-17(12-13-8-4-5-9-14(13)16)15(19)18-10-6-2-3-7-11-18/h4-5,8-9H,2-3,6-7,10-12H2,1H3. The summed E-state index contributed by atoms with van der Waals surface area (Å²) in [5.74, 6) is 0. The van der Waals surface area contributed by atoms with Crippen LogP contribution in [0.1, 0.15) is 31.2 Å². The Hall–Kier alpha value is -1.03. The molecule has 0 N–H and O–H groups in total. The largest absolute Gasteiger partial charge is 0.325 e. The highest BCUT2D eigenvalue weighted by molar-refractivity contribution is 9.10. The number of urea groups is 1. The van der Waals surface area contributed by atoms with E-state index in [0.717, 1.165) is 36.0 Å². The number of carbonyl (C=O) groups excluding carboxylic acids is 1. The number of amides is 2. The molecule has 2 rings (SSSR count). The average Bonchev–Trinajstić information content (AvgIpc) is 2.69. The number of halogens is 1. The third-order valence-electron chi connectivity index (χ3n) is 3.57. The minimum absolute atomic E-state index is 0.151. The molecule has 0 saturated carbocycles. The smallest absolute Gasteiger partial charge is 0.320 e. The van der Waals surface area contributed by atoms with Crippen LogP contribution in [0.25, 0.3) is 0 Å². The maximum absolute atomic E-state index is 12.4. The number of likely N-dealkylation sites (tertiary alicyclic amines) is 1. The molecule has 1 heterocycles. The highest BCUT2D eigenvalue weighted by Gasteiger charge is 2.19. The normalized spacial score (nSPS) is 16.0. The monoisotopic (exact) mass is 324 g/mol. The summed E-state index contributed by atoms with van der Waals surface area (Å²) < 4.78 is 1.06. The van der Waals surface area contributed by atoms with Crippen LogP contribution in [0, 0.1) is 0 Å². The molecule has 0 spiro atoms. The molecule has 2 amide bonds. The summed E-state index contributed by atoms with van der Waals surface area (Å²) >= 11 is 3.53. The van der Waals surface area contributed by atoms with Crippen LogP contribution < -0.4 is 0 Å². The molecular formula is C15H21BrN2O. The van der Waals surface area contributed by atoms with E-state index in [1.54, 1.807) is 0 Å². The Kier molecular flexibility index (Phi) is 5.25. The minimum Gasteiger partial charge on any atom is -0.325 e. The summed E-state index contributed by atoms with van der Waals surface area (Å²) in [6.07, 6.45) is 4.76. The zero-order chi connectivity index (χ0) is 13.7. The minimum atomic E-state index is 0.151. The molecule has 1 saturated heterocycles. The molecule has 1 aromatic carbocycles. The second kappa shape index (κ2) is 6.94. The summed E-state index contributed by atoms with van der Waals surface area (Å²) in [4.78, 5) is 16.2. The van der Waals surface area contributed by atoms with Gasteiger partial charge in [-0.25, -0.2) is 4.79 Å². The first kappa shape index (κ1) is 14.4. The first-order valence-corrected chi connectivity index (χ1v) is 7.71. The van der Waals surface area contributed by atoms with E-state index in [0.29, 0.717) is 6.54 Å². The molecular weight excluding hydrogens is 304 g/mol. The van der Waals surface area contributed by atoms with E-state index in [1.807, 2.05) is 35.0 Å². The van der Waals surface area contributed by atoms with E-state index < -0.39 is 0 Å². The van der Waals surface area contributed by atoms with Gasteiger partial charge in [0.2, 0.25) is 0 Å². The third-order valence-corrected chi connectivity index (χ3v) is 4.34. The van der Waals surface area contributed by atoms with Crippen LogP contribution in [0.15, 0.2) is 28.7 Å². The van der Waals surface area contributed by atoms with Crippen molar-refractivity contribution in [1.29, 1.82) is 0 Å². The Morgan fingerprint density at radius 3 is 2.47 bits per heavy atom. The van der Waals surface area contributed by atoms with Gasteiger partial charge in [0.05, 0.1) is 0 Å². The van der Waals surface area contributed by atoms with Crippen LogP contribution in [-0.2, 0) is 6.54 Å². The number of carbonyl (C=O) groups is 1. The Bertz CT molecular complexity index is 428. The van der Waals surface area contributed by atoms with Gasteiger partial charge in [-0.3, -0.25) is 0 Å². The maximum atomic E-state index is 12.4. The first-order valence-electron chi connectivity index (χ1n) is 6.92. The van der Waals surface area contributed by atoms with Crippen LogP contribution in [0.3, 0.4) is 0 Å². The number of rotatable bonds is 2. The van der Waals surface area contributed by atoms with Gasteiger partial charge in [0, 0.05) is 31.2 Å². The fourth-order valence-corrected chi connectivity index (χ4v) is 2.86. The first-order chi connectivity index (χ1) is 9.18. The van der Waals surface area contributed by atoms with Gasteiger partial charge >= 0.3 is 6.03 Å². The number of benzene rings is 1. The summed E-state index contributed by atoms with van der Waals surface area (Å²) in [6, 6.07) is 8.21. The van der Waals surface area contributed by atoms with Crippen LogP contribution in [0.4, 0.5) is 4.79 Å². The number of nitrogens with zero attached hydrogens (tertiary/aromatic N) is 2. The van der Waals surface area contributed by atoms with Crippen molar-refractivity contribution in [3.05, 3.63) is 34.3 Å². The van der Waals surface area contributed by atoms with Gasteiger partial charge in [0.1, 0.15) is 0 Å². The number of hydrogen-bond donors (Lipinski definition) is 0. The average molecular weight is 325 g/mol. The molecule has 1 fully saturated rings. The van der Waals surface area contributed by atoms with E-state index in [2.05, 4.69) is 22.0 Å². The Morgan fingerprint density at radius 1 is 1.21 bits per heavy atom. The van der Waals surface area contributed by atoms with Crippen molar-refractivity contribution in [1.82, 2.24) is 9.80 Å². The van der Waals surface area contributed by atoms with Crippen LogP contribution in [0.2, 0.25) is 0 Å². The van der Waals surface area contributed by atoms with Crippen LogP contribution >= 0.6 is 15.9 Å². The van der Waals surface area contributed by atoms with Crippen molar-refractivity contribution in [2.45, 2.75) is 32.2 Å². The van der Waals surface area contributed by atoms with Gasteiger partial charge in [0.25, 0.3) is 0 Å². The molecule has 0 aromatic heterocycles. The lowest BCUT2D eigenvalue weighted by atomic mass is 10.2. The summed E-state index contributed by atoms with van der Waals surface area (Å²) in [6.45, 7) is 2.45. The third kappa shape index (κ3) is 3.96. The molecule has 19 heavy (non-hydrogen) atoms. The predicted octanol–water partition coefficient (Wildman–Crippen LogP) is 3.88. The molecule has 0 aliphatic carbocycles. The molecule has 1 aromatic rings. The Morgan fingerprint density at radius 2 is 1.84 bits per heavy atom. The van der Waals surface area contributed by atoms with Crippen molar-refractivity contribution in [3.63, 3.8) is 0 Å². The predicted molar refractivity (Wildman–Crippen MR) is 81.0 cm³/mol. The summed E-state index contributed by atoms with van der Waals surface area (Å²) in [5, 5.41) is 0. The zero-order valence-corrected chi connectivity index (χ0v) is 13.0. The van der Waals surface area contributed by atoms with Gasteiger partial charge < -0.3 is 9.80 Å². The second-order valence-corrected chi connectivity index (χ2v) is 5.99. The second-order valence-electron chi connectivity index (χ2n) is 5.13. The van der Waals surface area contributed by atoms with Crippen molar-refractivity contribution >= 4 is 22.0 Å². The zero-order valence-electron chi connectivity index (χ0n) is 11.4. The molecule has 0 atom stereocenters. The quantitative estimate of drug-likeness (QED) is 0.809. The van der Waals surface area contributed by atoms with E-state index >= 15 is 0 Å². The van der Waals surface area contributed by atoms with Crippen molar-refractivity contribution < 1.29 is 4.79 Å². The lowest BCUT2D eigenvalue weighted by Crippen LogP contribution is -2.41. The van der Waals surface area contributed by atoms with Gasteiger partial charge in [-0.15, -0.1) is 0 Å². The molecule has 0 bridgehead atoms. The molecule has 104 valence electrons. The van der Waals surface area contributed by atoms with Crippen molar-refractivity contribution in [2.75, 3.05) is 20.1 Å².